The molecule has 2 aromatic carbocycles. The van der Waals surface area contributed by atoms with Gasteiger partial charge in [-0.3, -0.25) is 0 Å². The van der Waals surface area contributed by atoms with Crippen LogP contribution in [0.3, 0.4) is 0 Å². The maximum atomic E-state index is 11.4. The van der Waals surface area contributed by atoms with Gasteiger partial charge in [0.05, 0.1) is 20.5 Å². The van der Waals surface area contributed by atoms with Crippen molar-refractivity contribution in [1.29, 1.82) is 0 Å². The van der Waals surface area contributed by atoms with Gasteiger partial charge in [-0.1, -0.05) is 35.3 Å². The minimum absolute atomic E-state index is 0.277. The predicted octanol–water partition coefficient (Wildman–Crippen LogP) is 4.12. The lowest BCUT2D eigenvalue weighted by Gasteiger charge is -2.02. The number of imidazole rings is 1. The zero-order chi connectivity index (χ0) is 14.3. The minimum atomic E-state index is -2.10. The lowest BCUT2D eigenvalue weighted by Crippen LogP contribution is -1.93. The van der Waals surface area contributed by atoms with Gasteiger partial charge < -0.3 is 9.54 Å². The third-order valence-corrected chi connectivity index (χ3v) is 4.23. The van der Waals surface area contributed by atoms with Crippen LogP contribution in [0.25, 0.3) is 22.4 Å². The molecule has 0 saturated carbocycles. The van der Waals surface area contributed by atoms with Gasteiger partial charge in [0, 0.05) is 5.56 Å². The molecule has 1 atom stereocenters. The number of benzene rings is 2. The fraction of sp³-hybridized carbons (Fsp3) is 0. The molecule has 0 saturated heterocycles. The summed E-state index contributed by atoms with van der Waals surface area (Å²) in [5.74, 6) is 0.452. The van der Waals surface area contributed by atoms with Crippen LogP contribution in [-0.2, 0) is 11.1 Å². The normalized spacial score (nSPS) is 12.8. The van der Waals surface area contributed by atoms with Gasteiger partial charge in [-0.15, -0.1) is 0 Å². The van der Waals surface area contributed by atoms with Gasteiger partial charge in [0.25, 0.3) is 0 Å². The number of halogens is 2. The van der Waals surface area contributed by atoms with Gasteiger partial charge in [0.15, 0.2) is 11.1 Å². The molecule has 3 aromatic rings. The molecule has 0 fully saturated rings. The summed E-state index contributed by atoms with van der Waals surface area (Å²) >= 11 is 10.1. The Morgan fingerprint density at radius 2 is 1.80 bits per heavy atom. The van der Waals surface area contributed by atoms with Crippen LogP contribution in [-0.4, -0.2) is 18.7 Å². The number of nitrogens with one attached hydrogen (secondary N) is 1. The zero-order valence-electron chi connectivity index (χ0n) is 9.93. The van der Waals surface area contributed by atoms with Crippen LogP contribution in [0.5, 0.6) is 0 Å². The topological polar surface area (TPSA) is 66.0 Å². The third kappa shape index (κ3) is 2.23. The van der Waals surface area contributed by atoms with E-state index in [9.17, 15) is 8.76 Å². The van der Waals surface area contributed by atoms with Crippen LogP contribution in [0.1, 0.15) is 0 Å². The number of hydrogen-bond donors (Lipinski definition) is 2. The Balaban J connectivity index is 2.29. The summed E-state index contributed by atoms with van der Waals surface area (Å²) in [5, 5.41) is 0.959. The van der Waals surface area contributed by atoms with Gasteiger partial charge in [0.2, 0.25) is 0 Å². The van der Waals surface area contributed by atoms with Crippen molar-refractivity contribution in [3.8, 4) is 11.4 Å². The average Bonchev–Trinajstić information content (AvgIpc) is 2.89. The highest BCUT2D eigenvalue weighted by Gasteiger charge is 2.15. The van der Waals surface area contributed by atoms with Crippen LogP contribution in [0.4, 0.5) is 0 Å². The number of rotatable bonds is 2. The van der Waals surface area contributed by atoms with E-state index in [1.165, 1.54) is 0 Å². The van der Waals surface area contributed by atoms with E-state index < -0.39 is 11.1 Å². The molecule has 1 unspecified atom stereocenters. The Morgan fingerprint density at radius 3 is 2.50 bits per heavy atom. The lowest BCUT2D eigenvalue weighted by atomic mass is 10.2. The van der Waals surface area contributed by atoms with E-state index in [2.05, 4.69) is 9.97 Å². The summed E-state index contributed by atoms with van der Waals surface area (Å²) < 4.78 is 20.7. The third-order valence-electron chi connectivity index (χ3n) is 2.88. The summed E-state index contributed by atoms with van der Waals surface area (Å²) in [6, 6.07) is 10.1. The molecule has 1 heterocycles. The first-order valence-electron chi connectivity index (χ1n) is 5.62. The number of fused-ring (bicyclic) bond motifs is 1. The van der Waals surface area contributed by atoms with E-state index in [4.69, 9.17) is 23.2 Å². The van der Waals surface area contributed by atoms with E-state index >= 15 is 0 Å². The SMILES string of the molecule is O=S(O)c1ccccc1-c1nc2c(Cl)ccc(Cl)c2[nH]1. The highest BCUT2D eigenvalue weighted by molar-refractivity contribution is 7.79. The molecule has 0 amide bonds. The number of nitrogens with zero attached hydrogens (tertiary/aromatic N) is 1. The summed E-state index contributed by atoms with van der Waals surface area (Å²) in [7, 11) is 0. The minimum Gasteiger partial charge on any atom is -0.337 e. The van der Waals surface area contributed by atoms with Crippen molar-refractivity contribution in [2.75, 3.05) is 0 Å². The van der Waals surface area contributed by atoms with Crippen LogP contribution in [0.15, 0.2) is 41.3 Å². The molecule has 7 heteroatoms. The van der Waals surface area contributed by atoms with Crippen LogP contribution >= 0.6 is 23.2 Å². The van der Waals surface area contributed by atoms with Crippen LogP contribution in [0.2, 0.25) is 10.0 Å². The predicted molar refractivity (Wildman–Crippen MR) is 80.6 cm³/mol. The fourth-order valence-corrected chi connectivity index (χ4v) is 2.92. The summed E-state index contributed by atoms with van der Waals surface area (Å²) in [6.45, 7) is 0. The fourth-order valence-electron chi connectivity index (χ4n) is 1.97. The molecule has 20 heavy (non-hydrogen) atoms. The van der Waals surface area contributed by atoms with Gasteiger partial charge in [-0.25, -0.2) is 9.19 Å². The van der Waals surface area contributed by atoms with E-state index in [1.807, 2.05) is 0 Å². The Hall–Kier alpha value is -1.40. The molecule has 1 aromatic heterocycles. The van der Waals surface area contributed by atoms with Crippen molar-refractivity contribution in [1.82, 2.24) is 9.97 Å². The first-order valence-corrected chi connectivity index (χ1v) is 7.48. The number of hydrogen-bond acceptors (Lipinski definition) is 2. The second-order valence-electron chi connectivity index (χ2n) is 4.08. The Kier molecular flexibility index (Phi) is 3.52. The molecule has 3 rings (SSSR count). The highest BCUT2D eigenvalue weighted by Crippen LogP contribution is 2.32. The van der Waals surface area contributed by atoms with Crippen molar-refractivity contribution in [3.05, 3.63) is 46.4 Å². The Bertz CT molecular complexity index is 793. The molecule has 0 radical (unpaired) electrons. The molecule has 0 aliphatic heterocycles. The van der Waals surface area contributed by atoms with Gasteiger partial charge in [-0.05, 0) is 24.3 Å². The number of H-pyrrole nitrogens is 1. The van der Waals surface area contributed by atoms with Crippen molar-refractivity contribution in [2.45, 2.75) is 4.90 Å². The molecule has 0 spiro atoms. The molecule has 0 aliphatic rings. The van der Waals surface area contributed by atoms with Gasteiger partial charge >= 0.3 is 0 Å². The van der Waals surface area contributed by atoms with Gasteiger partial charge in [0.1, 0.15) is 11.3 Å². The van der Waals surface area contributed by atoms with Crippen molar-refractivity contribution in [3.63, 3.8) is 0 Å². The maximum absolute atomic E-state index is 11.4. The van der Waals surface area contributed by atoms with Gasteiger partial charge in [-0.2, -0.15) is 0 Å². The summed E-state index contributed by atoms with van der Waals surface area (Å²) in [4.78, 5) is 7.69. The molecule has 102 valence electrons. The van der Waals surface area contributed by atoms with Crippen molar-refractivity contribution in [2.24, 2.45) is 0 Å². The smallest absolute Gasteiger partial charge is 0.187 e. The highest BCUT2D eigenvalue weighted by atomic mass is 35.5. The summed E-state index contributed by atoms with van der Waals surface area (Å²) in [6.07, 6.45) is 0. The average molecular weight is 327 g/mol. The Morgan fingerprint density at radius 1 is 1.10 bits per heavy atom. The van der Waals surface area contributed by atoms with Crippen molar-refractivity contribution < 1.29 is 8.76 Å². The molecule has 4 nitrogen and oxygen atoms in total. The first kappa shape index (κ1) is 13.6. The Labute approximate surface area is 127 Å². The standard InChI is InChI=1S/C13H8Cl2N2O2S/c14-8-5-6-9(15)12-11(8)16-13(17-12)7-3-1-2-4-10(7)20(18)19/h1-6H,(H,16,17)(H,18,19). The second kappa shape index (κ2) is 5.18. The van der Waals surface area contributed by atoms with E-state index in [0.717, 1.165) is 0 Å². The molecule has 0 bridgehead atoms. The van der Waals surface area contributed by atoms with Crippen LogP contribution in [0, 0.1) is 0 Å². The van der Waals surface area contributed by atoms with Crippen LogP contribution < -0.4 is 0 Å². The largest absolute Gasteiger partial charge is 0.337 e. The quantitative estimate of drug-likeness (QED) is 0.696. The number of aromatic nitrogens is 2. The maximum Gasteiger partial charge on any atom is 0.187 e. The first-order chi connectivity index (χ1) is 9.58. The molecular formula is C13H8Cl2N2O2S. The van der Waals surface area contributed by atoms with E-state index in [0.29, 0.717) is 32.5 Å². The van der Waals surface area contributed by atoms with E-state index in [1.54, 1.807) is 36.4 Å². The zero-order valence-corrected chi connectivity index (χ0v) is 12.3. The lowest BCUT2D eigenvalue weighted by molar-refractivity contribution is 0.564. The van der Waals surface area contributed by atoms with Crippen molar-refractivity contribution >= 4 is 45.3 Å². The number of aromatic amines is 1. The monoisotopic (exact) mass is 326 g/mol. The van der Waals surface area contributed by atoms with E-state index in [-0.39, 0.29) is 4.90 Å². The summed E-state index contributed by atoms with van der Waals surface area (Å²) in [5.41, 5.74) is 1.68. The second-order valence-corrected chi connectivity index (χ2v) is 5.84. The molecule has 2 N–H and O–H groups in total. The molecular weight excluding hydrogens is 319 g/mol. The molecule has 0 aliphatic carbocycles.